The molecule has 0 spiro atoms. The van der Waals surface area contributed by atoms with Crippen molar-refractivity contribution in [3.05, 3.63) is 6.92 Å². The van der Waals surface area contributed by atoms with E-state index in [0.717, 1.165) is 17.9 Å². The van der Waals surface area contributed by atoms with Gasteiger partial charge in [0.2, 0.25) is 0 Å². The van der Waals surface area contributed by atoms with E-state index in [9.17, 15) is 0 Å². The molecule has 0 amide bonds. The molecule has 2 heteroatoms. The third kappa shape index (κ3) is 6.31. The van der Waals surface area contributed by atoms with E-state index in [-0.39, 0.29) is 0 Å². The van der Waals surface area contributed by atoms with Gasteiger partial charge in [-0.3, -0.25) is 0 Å². The summed E-state index contributed by atoms with van der Waals surface area (Å²) in [5, 5.41) is 8.25. The van der Waals surface area contributed by atoms with Crippen LogP contribution < -0.4 is 0 Å². The molecule has 0 saturated heterocycles. The van der Waals surface area contributed by atoms with Gasteiger partial charge in [-0.2, -0.15) is 11.8 Å². The van der Waals surface area contributed by atoms with Crippen LogP contribution in [0, 0.1) is 6.92 Å². The minimum Gasteiger partial charge on any atom is -0.396 e. The fraction of sp³-hybridized carbons (Fsp3) is 0.800. The zero-order valence-corrected chi connectivity index (χ0v) is 5.21. The molecule has 0 aromatic heterocycles. The van der Waals surface area contributed by atoms with Crippen molar-refractivity contribution in [3.8, 4) is 0 Å². The highest BCUT2D eigenvalue weighted by molar-refractivity contribution is 7.99. The van der Waals surface area contributed by atoms with E-state index < -0.39 is 0 Å². The smallest absolute Gasteiger partial charge is 0.0521 e. The van der Waals surface area contributed by atoms with Crippen molar-refractivity contribution in [2.24, 2.45) is 0 Å². The molecule has 0 aliphatic rings. The summed E-state index contributed by atoms with van der Waals surface area (Å²) in [6.45, 7) is 3.95. The maximum atomic E-state index is 8.25. The number of hydrogen-bond acceptors (Lipinski definition) is 2. The van der Waals surface area contributed by atoms with E-state index in [2.05, 4.69) is 6.92 Å². The molecule has 0 atom stereocenters. The average molecular weight is 119 g/mol. The van der Waals surface area contributed by atoms with Crippen LogP contribution in [0.15, 0.2) is 0 Å². The zero-order chi connectivity index (χ0) is 5.54. The first-order valence-corrected chi connectivity index (χ1v) is 3.55. The van der Waals surface area contributed by atoms with Crippen molar-refractivity contribution in [2.75, 3.05) is 18.1 Å². The average Bonchev–Trinajstić information content (AvgIpc) is 1.69. The minimum absolute atomic E-state index is 0.296. The Hall–Kier alpha value is 0.310. The molecule has 0 unspecified atom stereocenters. The molecule has 0 saturated carbocycles. The second-order valence-electron chi connectivity index (χ2n) is 1.19. The van der Waals surface area contributed by atoms with Crippen LogP contribution in [0.25, 0.3) is 0 Å². The first-order valence-electron chi connectivity index (χ1n) is 2.39. The lowest BCUT2D eigenvalue weighted by Crippen LogP contribution is -1.86. The van der Waals surface area contributed by atoms with Crippen LogP contribution in [-0.2, 0) is 0 Å². The third-order valence-electron chi connectivity index (χ3n) is 0.524. The molecule has 43 valence electrons. The van der Waals surface area contributed by atoms with E-state index in [1.165, 1.54) is 0 Å². The monoisotopic (exact) mass is 119 g/mol. The largest absolute Gasteiger partial charge is 0.396 e. The summed E-state index contributed by atoms with van der Waals surface area (Å²) in [7, 11) is 0. The lowest BCUT2D eigenvalue weighted by Gasteiger charge is -1.90. The van der Waals surface area contributed by atoms with Crippen LogP contribution in [0.3, 0.4) is 0 Å². The van der Waals surface area contributed by atoms with Crippen molar-refractivity contribution in [3.63, 3.8) is 0 Å². The maximum absolute atomic E-state index is 8.25. The van der Waals surface area contributed by atoms with Crippen LogP contribution in [0.5, 0.6) is 0 Å². The maximum Gasteiger partial charge on any atom is 0.0521 e. The van der Waals surface area contributed by atoms with Gasteiger partial charge < -0.3 is 5.11 Å². The molecule has 0 fully saturated rings. The summed E-state index contributed by atoms with van der Waals surface area (Å²) in [6, 6.07) is 0. The van der Waals surface area contributed by atoms with Gasteiger partial charge in [0.25, 0.3) is 0 Å². The highest BCUT2D eigenvalue weighted by Gasteiger charge is 1.80. The summed E-state index contributed by atoms with van der Waals surface area (Å²) in [6.07, 6.45) is 0.963. The topological polar surface area (TPSA) is 20.2 Å². The van der Waals surface area contributed by atoms with Gasteiger partial charge in [-0.15, -0.1) is 0 Å². The molecule has 0 bridgehead atoms. The lowest BCUT2D eigenvalue weighted by atomic mass is 10.6. The molecule has 0 aromatic rings. The minimum atomic E-state index is 0.296. The van der Waals surface area contributed by atoms with Gasteiger partial charge in [0, 0.05) is 5.75 Å². The van der Waals surface area contributed by atoms with Crippen LogP contribution in [0.1, 0.15) is 6.42 Å². The Morgan fingerprint density at radius 3 is 2.57 bits per heavy atom. The number of aliphatic hydroxyl groups excluding tert-OH is 1. The van der Waals surface area contributed by atoms with Crippen LogP contribution in [-0.4, -0.2) is 23.2 Å². The summed E-state index contributed by atoms with van der Waals surface area (Å²) >= 11 is 1.74. The Bertz CT molecular complexity index is 27.3. The zero-order valence-electron chi connectivity index (χ0n) is 4.39. The summed E-state index contributed by atoms with van der Waals surface area (Å²) in [4.78, 5) is 0. The van der Waals surface area contributed by atoms with E-state index in [1.807, 2.05) is 0 Å². The van der Waals surface area contributed by atoms with E-state index in [4.69, 9.17) is 5.11 Å². The summed E-state index contributed by atoms with van der Waals surface area (Å²) in [5.41, 5.74) is 0. The van der Waals surface area contributed by atoms with E-state index in [0.29, 0.717) is 6.61 Å². The number of thioether (sulfide) groups is 1. The van der Waals surface area contributed by atoms with Crippen LogP contribution in [0.4, 0.5) is 0 Å². The molecule has 0 aliphatic carbocycles. The van der Waals surface area contributed by atoms with E-state index >= 15 is 0 Å². The molecule has 1 N–H and O–H groups in total. The first kappa shape index (κ1) is 7.31. The second kappa shape index (κ2) is 6.31. The highest BCUT2D eigenvalue weighted by Crippen LogP contribution is 1.98. The third-order valence-corrected chi connectivity index (χ3v) is 1.57. The highest BCUT2D eigenvalue weighted by atomic mass is 32.2. The normalized spacial score (nSPS) is 9.43. The first-order chi connectivity index (χ1) is 3.41. The van der Waals surface area contributed by atoms with Crippen LogP contribution in [0.2, 0.25) is 0 Å². The van der Waals surface area contributed by atoms with Crippen molar-refractivity contribution in [2.45, 2.75) is 6.42 Å². The fourth-order valence-electron chi connectivity index (χ4n) is 0.269. The molecular weight excluding hydrogens is 108 g/mol. The van der Waals surface area contributed by atoms with Gasteiger partial charge >= 0.3 is 0 Å². The second-order valence-corrected chi connectivity index (χ2v) is 2.41. The number of hydrogen-bond donors (Lipinski definition) is 1. The number of rotatable bonds is 4. The molecule has 0 heterocycles. The Kier molecular flexibility index (Phi) is 6.59. The van der Waals surface area contributed by atoms with Crippen molar-refractivity contribution < 1.29 is 5.11 Å². The predicted molar refractivity (Wildman–Crippen MR) is 34.4 cm³/mol. The van der Waals surface area contributed by atoms with Crippen LogP contribution >= 0.6 is 11.8 Å². The van der Waals surface area contributed by atoms with Gasteiger partial charge in [0.05, 0.1) is 6.61 Å². The van der Waals surface area contributed by atoms with Crippen molar-refractivity contribution >= 4 is 11.8 Å². The van der Waals surface area contributed by atoms with Gasteiger partial charge in [-0.1, -0.05) is 6.92 Å². The van der Waals surface area contributed by atoms with Gasteiger partial charge in [0.1, 0.15) is 0 Å². The molecule has 0 aliphatic heterocycles. The van der Waals surface area contributed by atoms with Crippen molar-refractivity contribution in [1.29, 1.82) is 0 Å². The van der Waals surface area contributed by atoms with E-state index in [1.54, 1.807) is 11.8 Å². The number of aliphatic hydroxyl groups is 1. The fourth-order valence-corrected chi connectivity index (χ4v) is 0.806. The molecular formula is C5H11OS. The Labute approximate surface area is 49.1 Å². The lowest BCUT2D eigenvalue weighted by molar-refractivity contribution is 0.322. The predicted octanol–water partition coefficient (Wildman–Crippen LogP) is 0.936. The Balaban J connectivity index is 2.45. The van der Waals surface area contributed by atoms with Crippen molar-refractivity contribution in [1.82, 2.24) is 0 Å². The molecule has 0 aromatic carbocycles. The van der Waals surface area contributed by atoms with Gasteiger partial charge in [-0.25, -0.2) is 0 Å². The Morgan fingerprint density at radius 1 is 1.43 bits per heavy atom. The Morgan fingerprint density at radius 2 is 2.14 bits per heavy atom. The molecule has 1 nitrogen and oxygen atoms in total. The molecule has 7 heavy (non-hydrogen) atoms. The quantitative estimate of drug-likeness (QED) is 0.556. The summed E-state index contributed by atoms with van der Waals surface area (Å²) < 4.78 is 0. The standard InChI is InChI=1S/C5H11OS/c1-2-4-7-5-3-6/h6H,1-5H2. The SMILES string of the molecule is [CH2]CCSCCO. The molecule has 1 radical (unpaired) electrons. The molecule has 0 rings (SSSR count). The van der Waals surface area contributed by atoms with Gasteiger partial charge in [-0.05, 0) is 12.2 Å². The summed E-state index contributed by atoms with van der Waals surface area (Å²) in [5.74, 6) is 1.93. The van der Waals surface area contributed by atoms with Gasteiger partial charge in [0.15, 0.2) is 0 Å².